The van der Waals surface area contributed by atoms with E-state index in [-0.39, 0.29) is 10.8 Å². The lowest BCUT2D eigenvalue weighted by molar-refractivity contribution is 0.256. The quantitative estimate of drug-likeness (QED) is 0.442. The van der Waals surface area contributed by atoms with Crippen molar-refractivity contribution in [2.45, 2.75) is 34.6 Å². The van der Waals surface area contributed by atoms with E-state index in [1.165, 1.54) is 0 Å². The van der Waals surface area contributed by atoms with Crippen LogP contribution < -0.4 is 0 Å². The zero-order valence-electron chi connectivity index (χ0n) is 9.18. The summed E-state index contributed by atoms with van der Waals surface area (Å²) < 4.78 is 0. The SMILES string of the molecule is C/C=C\C(C)(C=NC)C(C)(C)C. The van der Waals surface area contributed by atoms with Gasteiger partial charge < -0.3 is 0 Å². The molecule has 0 spiro atoms. The van der Waals surface area contributed by atoms with E-state index in [1.807, 2.05) is 20.2 Å². The molecule has 0 bridgehead atoms. The summed E-state index contributed by atoms with van der Waals surface area (Å²) in [5.74, 6) is 0. The van der Waals surface area contributed by atoms with Crippen LogP contribution in [0.25, 0.3) is 0 Å². The summed E-state index contributed by atoms with van der Waals surface area (Å²) in [6.45, 7) is 10.9. The van der Waals surface area contributed by atoms with E-state index in [0.717, 1.165) is 0 Å². The Morgan fingerprint density at radius 2 is 1.58 bits per heavy atom. The first kappa shape index (κ1) is 11.4. The maximum atomic E-state index is 4.12. The second-order valence-electron chi connectivity index (χ2n) is 4.42. The van der Waals surface area contributed by atoms with Crippen molar-refractivity contribution in [3.8, 4) is 0 Å². The number of hydrogen-bond acceptors (Lipinski definition) is 1. The van der Waals surface area contributed by atoms with Crippen LogP contribution in [-0.2, 0) is 0 Å². The van der Waals surface area contributed by atoms with Crippen molar-refractivity contribution in [1.82, 2.24) is 0 Å². The minimum Gasteiger partial charge on any atom is -0.300 e. The van der Waals surface area contributed by atoms with E-state index < -0.39 is 0 Å². The van der Waals surface area contributed by atoms with Gasteiger partial charge in [0.15, 0.2) is 0 Å². The lowest BCUT2D eigenvalue weighted by atomic mass is 9.68. The zero-order chi connectivity index (χ0) is 9.83. The molecule has 0 rings (SSSR count). The molecule has 0 radical (unpaired) electrons. The van der Waals surface area contributed by atoms with Crippen molar-refractivity contribution in [1.29, 1.82) is 0 Å². The molecule has 0 saturated carbocycles. The molecule has 1 nitrogen and oxygen atoms in total. The largest absolute Gasteiger partial charge is 0.300 e. The van der Waals surface area contributed by atoms with Gasteiger partial charge in [-0.15, -0.1) is 0 Å². The number of hydrogen-bond donors (Lipinski definition) is 0. The fourth-order valence-corrected chi connectivity index (χ4v) is 1.10. The summed E-state index contributed by atoms with van der Waals surface area (Å²) in [6, 6.07) is 0. The van der Waals surface area contributed by atoms with Gasteiger partial charge in [0.1, 0.15) is 0 Å². The highest BCUT2D eigenvalue weighted by atomic mass is 14.7. The van der Waals surface area contributed by atoms with Gasteiger partial charge in [-0.05, 0) is 12.3 Å². The summed E-state index contributed by atoms with van der Waals surface area (Å²) in [7, 11) is 1.83. The molecule has 70 valence electrons. The molecule has 0 aliphatic rings. The first-order chi connectivity index (χ1) is 5.37. The molecule has 0 heterocycles. The van der Waals surface area contributed by atoms with Gasteiger partial charge in [-0.2, -0.15) is 0 Å². The van der Waals surface area contributed by atoms with Gasteiger partial charge in [-0.1, -0.05) is 39.8 Å². The third-order valence-electron chi connectivity index (χ3n) is 2.53. The van der Waals surface area contributed by atoms with Gasteiger partial charge >= 0.3 is 0 Å². The lowest BCUT2D eigenvalue weighted by Gasteiger charge is -2.36. The standard InChI is InChI=1S/C11H21N/c1-7-8-11(5,9-12-6)10(2,3)4/h7-9H,1-6H3/b8-7-,12-9?. The topological polar surface area (TPSA) is 12.4 Å². The van der Waals surface area contributed by atoms with Crippen LogP contribution >= 0.6 is 0 Å². The summed E-state index contributed by atoms with van der Waals surface area (Å²) in [4.78, 5) is 4.12. The van der Waals surface area contributed by atoms with Gasteiger partial charge in [0.25, 0.3) is 0 Å². The smallest absolute Gasteiger partial charge is 0.0273 e. The van der Waals surface area contributed by atoms with Gasteiger partial charge in [0.05, 0.1) is 0 Å². The van der Waals surface area contributed by atoms with E-state index in [0.29, 0.717) is 0 Å². The summed E-state index contributed by atoms with van der Waals surface area (Å²) >= 11 is 0. The minimum absolute atomic E-state index is 0.0660. The van der Waals surface area contributed by atoms with Crippen LogP contribution in [0.5, 0.6) is 0 Å². The van der Waals surface area contributed by atoms with Gasteiger partial charge in [-0.25, -0.2) is 0 Å². The highest BCUT2D eigenvalue weighted by Gasteiger charge is 2.32. The molecule has 0 aliphatic heterocycles. The normalized spacial score (nSPS) is 18.8. The highest BCUT2D eigenvalue weighted by Crippen LogP contribution is 2.37. The fourth-order valence-electron chi connectivity index (χ4n) is 1.10. The molecule has 0 aromatic rings. The molecular weight excluding hydrogens is 146 g/mol. The van der Waals surface area contributed by atoms with Gasteiger partial charge in [0, 0.05) is 18.7 Å². The summed E-state index contributed by atoms with van der Waals surface area (Å²) in [5, 5.41) is 0. The molecule has 1 atom stereocenters. The average molecular weight is 167 g/mol. The molecule has 0 saturated heterocycles. The van der Waals surface area contributed by atoms with E-state index >= 15 is 0 Å². The molecular formula is C11H21N. The molecule has 0 N–H and O–H groups in total. The van der Waals surface area contributed by atoms with Crippen molar-refractivity contribution in [3.05, 3.63) is 12.2 Å². The number of aliphatic imine (C=N–C) groups is 1. The number of allylic oxidation sites excluding steroid dienone is 2. The van der Waals surface area contributed by atoms with Crippen molar-refractivity contribution in [3.63, 3.8) is 0 Å². The molecule has 0 fully saturated rings. The van der Waals surface area contributed by atoms with Crippen LogP contribution in [0.15, 0.2) is 17.1 Å². The van der Waals surface area contributed by atoms with Crippen molar-refractivity contribution in [2.75, 3.05) is 7.05 Å². The van der Waals surface area contributed by atoms with Gasteiger partial charge in [0.2, 0.25) is 0 Å². The third-order valence-corrected chi connectivity index (χ3v) is 2.53. The van der Waals surface area contributed by atoms with Crippen LogP contribution in [0, 0.1) is 10.8 Å². The molecule has 0 amide bonds. The predicted octanol–water partition coefficient (Wildman–Crippen LogP) is 3.32. The van der Waals surface area contributed by atoms with Crippen LogP contribution in [-0.4, -0.2) is 13.3 Å². The first-order valence-corrected chi connectivity index (χ1v) is 4.44. The lowest BCUT2D eigenvalue weighted by Crippen LogP contribution is -2.32. The summed E-state index contributed by atoms with van der Waals surface area (Å²) in [5.41, 5.74) is 0.287. The number of rotatable bonds is 2. The van der Waals surface area contributed by atoms with Crippen LogP contribution in [0.2, 0.25) is 0 Å². The maximum Gasteiger partial charge on any atom is 0.0273 e. The van der Waals surface area contributed by atoms with E-state index in [4.69, 9.17) is 0 Å². The molecule has 0 aromatic carbocycles. The zero-order valence-corrected chi connectivity index (χ0v) is 9.18. The molecule has 12 heavy (non-hydrogen) atoms. The van der Waals surface area contributed by atoms with Crippen molar-refractivity contribution < 1.29 is 0 Å². The van der Waals surface area contributed by atoms with Crippen LogP contribution in [0.4, 0.5) is 0 Å². The monoisotopic (exact) mass is 167 g/mol. The molecule has 0 aliphatic carbocycles. The molecule has 1 heteroatoms. The van der Waals surface area contributed by atoms with Crippen LogP contribution in [0.3, 0.4) is 0 Å². The van der Waals surface area contributed by atoms with Gasteiger partial charge in [-0.3, -0.25) is 4.99 Å². The molecule has 0 aromatic heterocycles. The third kappa shape index (κ3) is 2.47. The Morgan fingerprint density at radius 3 is 1.83 bits per heavy atom. The minimum atomic E-state index is 0.0660. The number of nitrogens with zero attached hydrogens (tertiary/aromatic N) is 1. The fraction of sp³-hybridized carbons (Fsp3) is 0.727. The maximum absolute atomic E-state index is 4.12. The van der Waals surface area contributed by atoms with E-state index in [2.05, 4.69) is 44.8 Å². The first-order valence-electron chi connectivity index (χ1n) is 4.44. The molecule has 1 unspecified atom stereocenters. The Hall–Kier alpha value is -0.590. The Balaban J connectivity index is 4.87. The van der Waals surface area contributed by atoms with Crippen molar-refractivity contribution >= 4 is 6.21 Å². The Morgan fingerprint density at radius 1 is 1.08 bits per heavy atom. The Bertz CT molecular complexity index is 170. The Kier molecular flexibility index (Phi) is 3.69. The predicted molar refractivity (Wildman–Crippen MR) is 56.8 cm³/mol. The van der Waals surface area contributed by atoms with E-state index in [9.17, 15) is 0 Å². The average Bonchev–Trinajstić information content (AvgIpc) is 1.86. The summed E-state index contributed by atoms with van der Waals surface area (Å²) in [6.07, 6.45) is 6.32. The highest BCUT2D eigenvalue weighted by molar-refractivity contribution is 5.69. The second-order valence-corrected chi connectivity index (χ2v) is 4.42. The second kappa shape index (κ2) is 3.88. The van der Waals surface area contributed by atoms with Crippen LogP contribution in [0.1, 0.15) is 34.6 Å². The van der Waals surface area contributed by atoms with E-state index in [1.54, 1.807) is 0 Å². The Labute approximate surface area is 76.6 Å². The van der Waals surface area contributed by atoms with Crippen molar-refractivity contribution in [2.24, 2.45) is 15.8 Å².